The van der Waals surface area contributed by atoms with Gasteiger partial charge in [-0.15, -0.1) is 0 Å². The molecule has 0 aliphatic carbocycles. The summed E-state index contributed by atoms with van der Waals surface area (Å²) in [6, 6.07) is 0. The minimum Gasteiger partial charge on any atom is -0.387 e. The zero-order valence-electron chi connectivity index (χ0n) is 13.0. The largest absolute Gasteiger partial charge is 0.387 e. The third-order valence-electron chi connectivity index (χ3n) is 4.19. The third-order valence-corrected chi connectivity index (χ3v) is 4.19. The average molecular weight is 258 g/mol. The molecule has 0 aliphatic heterocycles. The van der Waals surface area contributed by atoms with E-state index in [-0.39, 0.29) is 0 Å². The molecule has 0 amide bonds. The monoisotopic (exact) mass is 258 g/mol. The molecule has 0 aromatic rings. The van der Waals surface area contributed by atoms with Crippen LogP contribution in [0.15, 0.2) is 0 Å². The normalized spacial score (nSPS) is 18.3. The maximum absolute atomic E-state index is 10.4. The van der Waals surface area contributed by atoms with Gasteiger partial charge in [-0.1, -0.05) is 65.2 Å². The van der Waals surface area contributed by atoms with E-state index in [4.69, 9.17) is 0 Å². The summed E-state index contributed by atoms with van der Waals surface area (Å²) in [4.78, 5) is 0. The zero-order valence-corrected chi connectivity index (χ0v) is 13.0. The summed E-state index contributed by atoms with van der Waals surface area (Å²) in [5.41, 5.74) is -1.90. The fraction of sp³-hybridized carbons (Fsp3) is 1.00. The molecule has 0 bridgehead atoms. The molecule has 0 unspecified atom stereocenters. The van der Waals surface area contributed by atoms with Gasteiger partial charge in [-0.25, -0.2) is 0 Å². The lowest BCUT2D eigenvalue weighted by Crippen LogP contribution is -2.49. The van der Waals surface area contributed by atoms with E-state index in [0.717, 1.165) is 25.7 Å². The van der Waals surface area contributed by atoms with Crippen LogP contribution in [0.3, 0.4) is 0 Å². The first-order valence-corrected chi connectivity index (χ1v) is 7.82. The van der Waals surface area contributed by atoms with Gasteiger partial charge in [-0.2, -0.15) is 0 Å². The lowest BCUT2D eigenvalue weighted by atomic mass is 9.78. The zero-order chi connectivity index (χ0) is 14.1. The van der Waals surface area contributed by atoms with Crippen LogP contribution in [0.5, 0.6) is 0 Å². The molecule has 0 radical (unpaired) electrons. The molecule has 0 aromatic carbocycles. The van der Waals surface area contributed by atoms with Crippen LogP contribution in [-0.4, -0.2) is 21.4 Å². The van der Waals surface area contributed by atoms with E-state index in [1.807, 2.05) is 0 Å². The van der Waals surface area contributed by atoms with Crippen molar-refractivity contribution in [2.24, 2.45) is 0 Å². The maximum Gasteiger partial charge on any atom is 0.0902 e. The molecule has 0 fully saturated rings. The predicted molar refractivity (Wildman–Crippen MR) is 78.8 cm³/mol. The topological polar surface area (TPSA) is 40.5 Å². The van der Waals surface area contributed by atoms with Crippen molar-refractivity contribution in [1.82, 2.24) is 0 Å². The van der Waals surface area contributed by atoms with Gasteiger partial charge in [0.2, 0.25) is 0 Å². The first kappa shape index (κ1) is 17.9. The number of hydrogen-bond acceptors (Lipinski definition) is 2. The Morgan fingerprint density at radius 2 is 0.944 bits per heavy atom. The highest BCUT2D eigenvalue weighted by molar-refractivity contribution is 4.93. The highest BCUT2D eigenvalue weighted by atomic mass is 16.4. The van der Waals surface area contributed by atoms with E-state index < -0.39 is 11.2 Å². The van der Waals surface area contributed by atoms with Crippen LogP contribution in [0.25, 0.3) is 0 Å². The quantitative estimate of drug-likeness (QED) is 0.538. The molecule has 2 atom stereocenters. The Morgan fingerprint density at radius 1 is 0.611 bits per heavy atom. The molecular formula is C16H34O2. The molecule has 0 aliphatic rings. The van der Waals surface area contributed by atoms with Gasteiger partial charge < -0.3 is 10.2 Å². The van der Waals surface area contributed by atoms with Gasteiger partial charge in [0.1, 0.15) is 0 Å². The maximum atomic E-state index is 10.4. The van der Waals surface area contributed by atoms with Crippen LogP contribution >= 0.6 is 0 Å². The van der Waals surface area contributed by atoms with Crippen LogP contribution in [0.1, 0.15) is 91.9 Å². The summed E-state index contributed by atoms with van der Waals surface area (Å²) >= 11 is 0. The van der Waals surface area contributed by atoms with Crippen LogP contribution in [-0.2, 0) is 0 Å². The van der Waals surface area contributed by atoms with Gasteiger partial charge in [0.25, 0.3) is 0 Å². The van der Waals surface area contributed by atoms with Gasteiger partial charge in [0, 0.05) is 0 Å². The minimum atomic E-state index is -0.951. The summed E-state index contributed by atoms with van der Waals surface area (Å²) in [6.07, 6.45) is 10.6. The van der Waals surface area contributed by atoms with Crippen molar-refractivity contribution in [3.8, 4) is 0 Å². The Kier molecular flexibility index (Phi) is 8.89. The highest BCUT2D eigenvalue weighted by Crippen LogP contribution is 2.32. The van der Waals surface area contributed by atoms with E-state index in [9.17, 15) is 10.2 Å². The number of aliphatic hydroxyl groups is 2. The summed E-state index contributed by atoms with van der Waals surface area (Å²) in [6.45, 7) is 7.95. The molecule has 2 heteroatoms. The van der Waals surface area contributed by atoms with Crippen molar-refractivity contribution in [3.05, 3.63) is 0 Å². The molecule has 0 saturated carbocycles. The van der Waals surface area contributed by atoms with E-state index in [1.165, 1.54) is 25.7 Å². The van der Waals surface area contributed by atoms with Crippen molar-refractivity contribution in [2.75, 3.05) is 0 Å². The van der Waals surface area contributed by atoms with Gasteiger partial charge in [0.15, 0.2) is 0 Å². The molecule has 2 nitrogen and oxygen atoms in total. The molecule has 18 heavy (non-hydrogen) atoms. The van der Waals surface area contributed by atoms with E-state index in [2.05, 4.69) is 13.8 Å². The molecular weight excluding hydrogens is 224 g/mol. The molecule has 0 heterocycles. The Morgan fingerprint density at radius 3 is 1.22 bits per heavy atom. The summed E-state index contributed by atoms with van der Waals surface area (Å²) in [7, 11) is 0. The standard InChI is InChI=1S/C16H34O2/c1-5-7-9-11-13-15(3,17)16(4,18)14-12-10-8-6-2/h17-18H,5-14H2,1-4H3/t15-,16+. The summed E-state index contributed by atoms with van der Waals surface area (Å²) < 4.78 is 0. The predicted octanol–water partition coefficient (Wildman–Crippen LogP) is 4.43. The molecule has 0 rings (SSSR count). The summed E-state index contributed by atoms with van der Waals surface area (Å²) in [5, 5.41) is 20.9. The Labute approximate surface area is 114 Å². The second-order valence-corrected chi connectivity index (χ2v) is 6.17. The van der Waals surface area contributed by atoms with Crippen LogP contribution in [0.4, 0.5) is 0 Å². The Hall–Kier alpha value is -0.0800. The highest BCUT2D eigenvalue weighted by Gasteiger charge is 2.40. The minimum absolute atomic E-state index is 0.702. The number of rotatable bonds is 11. The Bertz CT molecular complexity index is 175. The lowest BCUT2D eigenvalue weighted by Gasteiger charge is -2.39. The van der Waals surface area contributed by atoms with Crippen molar-refractivity contribution < 1.29 is 10.2 Å². The fourth-order valence-electron chi connectivity index (χ4n) is 2.33. The van der Waals surface area contributed by atoms with Crippen molar-refractivity contribution in [3.63, 3.8) is 0 Å². The number of unbranched alkanes of at least 4 members (excludes halogenated alkanes) is 6. The van der Waals surface area contributed by atoms with E-state index in [0.29, 0.717) is 12.8 Å². The van der Waals surface area contributed by atoms with Crippen LogP contribution in [0, 0.1) is 0 Å². The third kappa shape index (κ3) is 6.75. The molecule has 0 saturated heterocycles. The average Bonchev–Trinajstić information content (AvgIpc) is 2.30. The van der Waals surface area contributed by atoms with Crippen molar-refractivity contribution in [1.29, 1.82) is 0 Å². The molecule has 0 spiro atoms. The lowest BCUT2D eigenvalue weighted by molar-refractivity contribution is -0.140. The van der Waals surface area contributed by atoms with Crippen LogP contribution in [0.2, 0.25) is 0 Å². The van der Waals surface area contributed by atoms with Crippen molar-refractivity contribution in [2.45, 2.75) is 103 Å². The molecule has 0 aromatic heterocycles. The van der Waals surface area contributed by atoms with E-state index >= 15 is 0 Å². The fourth-order valence-corrected chi connectivity index (χ4v) is 2.33. The first-order valence-electron chi connectivity index (χ1n) is 7.82. The van der Waals surface area contributed by atoms with Crippen molar-refractivity contribution >= 4 is 0 Å². The van der Waals surface area contributed by atoms with Gasteiger partial charge in [-0.05, 0) is 26.7 Å². The smallest absolute Gasteiger partial charge is 0.0902 e. The second kappa shape index (κ2) is 8.92. The second-order valence-electron chi connectivity index (χ2n) is 6.17. The van der Waals surface area contributed by atoms with Crippen LogP contribution < -0.4 is 0 Å². The van der Waals surface area contributed by atoms with Gasteiger partial charge in [-0.3, -0.25) is 0 Å². The van der Waals surface area contributed by atoms with Gasteiger partial charge >= 0.3 is 0 Å². The van der Waals surface area contributed by atoms with Gasteiger partial charge in [0.05, 0.1) is 11.2 Å². The van der Waals surface area contributed by atoms with E-state index in [1.54, 1.807) is 13.8 Å². The summed E-state index contributed by atoms with van der Waals surface area (Å²) in [5.74, 6) is 0. The molecule has 2 N–H and O–H groups in total. The SMILES string of the molecule is CCCCCC[C@](C)(O)[C@](C)(O)CCCCCC. The first-order chi connectivity index (χ1) is 8.37. The number of hydrogen-bond donors (Lipinski definition) is 2. The molecule has 110 valence electrons. The Balaban J connectivity index is 4.02.